The van der Waals surface area contributed by atoms with Crippen molar-refractivity contribution in [2.75, 3.05) is 14.2 Å². The molecule has 0 aliphatic rings. The molecular weight excluding hydrogens is 472 g/mol. The van der Waals surface area contributed by atoms with E-state index in [-0.39, 0.29) is 11.9 Å². The number of thiophene rings is 2. The lowest BCUT2D eigenvalue weighted by molar-refractivity contribution is 0.0596. The first-order valence-corrected chi connectivity index (χ1v) is 11.5. The molecule has 0 fully saturated rings. The Bertz CT molecular complexity index is 1180. The number of methoxy groups -OCH3 is 2. The van der Waals surface area contributed by atoms with Gasteiger partial charge in [-0.05, 0) is 41.0 Å². The first-order valence-electron chi connectivity index (χ1n) is 8.73. The number of carbonyl (C=O) groups is 2. The van der Waals surface area contributed by atoms with Crippen molar-refractivity contribution in [3.63, 3.8) is 0 Å². The van der Waals surface area contributed by atoms with Gasteiger partial charge in [-0.3, -0.25) is 0 Å². The third-order valence-corrected chi connectivity index (χ3v) is 7.42. The molecule has 150 valence electrons. The SMILES string of the molecule is COC(=O)c1sc2ccccc2c1C.COC(=O)c1sc2ccccc2c1CBr. The fourth-order valence-electron chi connectivity index (χ4n) is 2.95. The van der Waals surface area contributed by atoms with Crippen molar-refractivity contribution in [1.82, 2.24) is 0 Å². The Morgan fingerprint density at radius 1 is 0.828 bits per heavy atom. The van der Waals surface area contributed by atoms with Gasteiger partial charge in [-0.2, -0.15) is 0 Å². The minimum absolute atomic E-state index is 0.247. The molecule has 0 spiro atoms. The van der Waals surface area contributed by atoms with Gasteiger partial charge in [0.15, 0.2) is 0 Å². The van der Waals surface area contributed by atoms with Crippen molar-refractivity contribution in [1.29, 1.82) is 0 Å². The number of rotatable bonds is 3. The first kappa shape index (κ1) is 21.5. The van der Waals surface area contributed by atoms with Crippen molar-refractivity contribution < 1.29 is 19.1 Å². The molecule has 0 saturated carbocycles. The smallest absolute Gasteiger partial charge is 0.348 e. The highest BCUT2D eigenvalue weighted by atomic mass is 79.9. The average molecular weight is 491 g/mol. The van der Waals surface area contributed by atoms with Crippen LogP contribution in [0.25, 0.3) is 20.2 Å². The lowest BCUT2D eigenvalue weighted by atomic mass is 10.1. The van der Waals surface area contributed by atoms with Crippen LogP contribution in [-0.2, 0) is 14.8 Å². The number of alkyl halides is 1. The summed E-state index contributed by atoms with van der Waals surface area (Å²) in [6.45, 7) is 1.95. The maximum atomic E-state index is 11.5. The van der Waals surface area contributed by atoms with Crippen LogP contribution in [0.1, 0.15) is 30.5 Å². The number of benzene rings is 2. The van der Waals surface area contributed by atoms with Gasteiger partial charge in [0.1, 0.15) is 9.75 Å². The van der Waals surface area contributed by atoms with Gasteiger partial charge in [0, 0.05) is 14.7 Å². The van der Waals surface area contributed by atoms with Crippen molar-refractivity contribution in [2.24, 2.45) is 0 Å². The van der Waals surface area contributed by atoms with Crippen molar-refractivity contribution in [2.45, 2.75) is 12.3 Å². The van der Waals surface area contributed by atoms with Crippen molar-refractivity contribution in [3.05, 3.63) is 69.4 Å². The van der Waals surface area contributed by atoms with Gasteiger partial charge in [0.05, 0.1) is 14.2 Å². The maximum absolute atomic E-state index is 11.5. The molecule has 4 rings (SSSR count). The highest BCUT2D eigenvalue weighted by molar-refractivity contribution is 9.08. The van der Waals surface area contributed by atoms with E-state index in [1.54, 1.807) is 0 Å². The fourth-order valence-corrected chi connectivity index (χ4v) is 5.99. The predicted molar refractivity (Wildman–Crippen MR) is 124 cm³/mol. The Labute approximate surface area is 185 Å². The predicted octanol–water partition coefficient (Wildman–Crippen LogP) is 6.58. The van der Waals surface area contributed by atoms with Crippen LogP contribution in [0.3, 0.4) is 0 Å². The van der Waals surface area contributed by atoms with E-state index in [9.17, 15) is 9.59 Å². The molecule has 0 bridgehead atoms. The molecule has 0 N–H and O–H groups in total. The Hall–Kier alpha value is -2.22. The molecule has 0 atom stereocenters. The minimum Gasteiger partial charge on any atom is -0.465 e. The molecule has 0 unspecified atom stereocenters. The Balaban J connectivity index is 0.000000166. The zero-order chi connectivity index (χ0) is 21.0. The van der Waals surface area contributed by atoms with Crippen LogP contribution >= 0.6 is 38.6 Å². The monoisotopic (exact) mass is 490 g/mol. The molecule has 29 heavy (non-hydrogen) atoms. The lowest BCUT2D eigenvalue weighted by Gasteiger charge is -1.98. The average Bonchev–Trinajstić information content (AvgIpc) is 3.31. The number of carbonyl (C=O) groups excluding carboxylic acids is 2. The third-order valence-electron chi connectivity index (χ3n) is 4.42. The maximum Gasteiger partial charge on any atom is 0.348 e. The quantitative estimate of drug-likeness (QED) is 0.240. The van der Waals surface area contributed by atoms with Crippen LogP contribution in [0.5, 0.6) is 0 Å². The molecule has 0 amide bonds. The minimum atomic E-state index is -0.259. The van der Waals surface area contributed by atoms with E-state index in [4.69, 9.17) is 9.47 Å². The Kier molecular flexibility index (Phi) is 7.05. The summed E-state index contributed by atoms with van der Waals surface area (Å²) >= 11 is 6.36. The topological polar surface area (TPSA) is 52.6 Å². The van der Waals surface area contributed by atoms with Crippen LogP contribution in [0.15, 0.2) is 48.5 Å². The number of hydrogen-bond acceptors (Lipinski definition) is 6. The molecule has 4 nitrogen and oxygen atoms in total. The molecule has 0 aliphatic heterocycles. The van der Waals surface area contributed by atoms with Gasteiger partial charge >= 0.3 is 11.9 Å². The zero-order valence-electron chi connectivity index (χ0n) is 16.2. The summed E-state index contributed by atoms with van der Waals surface area (Å²) in [7, 11) is 2.82. The largest absolute Gasteiger partial charge is 0.465 e. The van der Waals surface area contributed by atoms with Crippen LogP contribution in [0.2, 0.25) is 0 Å². The van der Waals surface area contributed by atoms with Crippen LogP contribution in [0, 0.1) is 6.92 Å². The number of esters is 2. The second-order valence-electron chi connectivity index (χ2n) is 6.08. The van der Waals surface area contributed by atoms with Crippen LogP contribution in [0.4, 0.5) is 0 Å². The van der Waals surface area contributed by atoms with Gasteiger partial charge in [0.25, 0.3) is 0 Å². The molecule has 4 aromatic rings. The lowest BCUT2D eigenvalue weighted by Crippen LogP contribution is -2.00. The Morgan fingerprint density at radius 3 is 1.86 bits per heavy atom. The van der Waals surface area contributed by atoms with Crippen LogP contribution < -0.4 is 0 Å². The molecule has 7 heteroatoms. The van der Waals surface area contributed by atoms with E-state index in [2.05, 4.69) is 15.9 Å². The fraction of sp³-hybridized carbons (Fsp3) is 0.182. The molecule has 0 saturated heterocycles. The van der Waals surface area contributed by atoms with Gasteiger partial charge in [-0.25, -0.2) is 9.59 Å². The number of fused-ring (bicyclic) bond motifs is 2. The summed E-state index contributed by atoms with van der Waals surface area (Å²) in [6, 6.07) is 16.0. The molecule has 0 aliphatic carbocycles. The molecular formula is C22H19BrO4S2. The third kappa shape index (κ3) is 4.37. The second kappa shape index (κ2) is 9.52. The highest BCUT2D eigenvalue weighted by Gasteiger charge is 2.17. The summed E-state index contributed by atoms with van der Waals surface area (Å²) in [5.74, 6) is -0.505. The van der Waals surface area contributed by atoms with Gasteiger partial charge in [-0.1, -0.05) is 52.3 Å². The first-order chi connectivity index (χ1) is 14.0. The summed E-state index contributed by atoms with van der Waals surface area (Å²) in [5, 5.41) is 2.93. The van der Waals surface area contributed by atoms with Crippen molar-refractivity contribution in [3.8, 4) is 0 Å². The molecule has 2 aromatic carbocycles. The van der Waals surface area contributed by atoms with E-state index >= 15 is 0 Å². The molecule has 0 radical (unpaired) electrons. The molecule has 2 heterocycles. The van der Waals surface area contributed by atoms with E-state index in [1.165, 1.54) is 36.9 Å². The van der Waals surface area contributed by atoms with Gasteiger partial charge in [0.2, 0.25) is 0 Å². The summed E-state index contributed by atoms with van der Waals surface area (Å²) < 4.78 is 11.7. The van der Waals surface area contributed by atoms with Crippen molar-refractivity contribution >= 4 is 70.7 Å². The standard InChI is InChI=1S/C11H9BrO2S.C11H10O2S/c1-14-11(13)10-8(6-12)7-4-2-3-5-9(7)15-10;1-7-8-5-3-4-6-9(8)14-10(7)11(12)13-2/h2-5H,6H2,1H3;3-6H,1-2H3. The number of aryl methyl sites for hydroxylation is 1. The molecule has 2 aromatic heterocycles. The van der Waals surface area contributed by atoms with Gasteiger partial charge < -0.3 is 9.47 Å². The van der Waals surface area contributed by atoms with E-state index in [1.807, 2.05) is 55.5 Å². The van der Waals surface area contributed by atoms with E-state index < -0.39 is 0 Å². The zero-order valence-corrected chi connectivity index (χ0v) is 19.4. The van der Waals surface area contributed by atoms with Crippen LogP contribution in [-0.4, -0.2) is 26.2 Å². The Morgan fingerprint density at radius 2 is 1.31 bits per heavy atom. The highest BCUT2D eigenvalue weighted by Crippen LogP contribution is 2.33. The van der Waals surface area contributed by atoms with E-state index in [0.29, 0.717) is 15.1 Å². The van der Waals surface area contributed by atoms with E-state index in [0.717, 1.165) is 31.3 Å². The van der Waals surface area contributed by atoms with Gasteiger partial charge in [-0.15, -0.1) is 22.7 Å². The summed E-state index contributed by atoms with van der Waals surface area (Å²) in [5.41, 5.74) is 2.03. The number of ether oxygens (including phenoxy) is 2. The second-order valence-corrected chi connectivity index (χ2v) is 8.74. The number of hydrogen-bond donors (Lipinski definition) is 0. The summed E-state index contributed by atoms with van der Waals surface area (Å²) in [6.07, 6.45) is 0. The number of halogens is 1. The normalized spacial score (nSPS) is 10.5. The summed E-state index contributed by atoms with van der Waals surface area (Å²) in [4.78, 5) is 24.3.